The Bertz CT molecular complexity index is 1090. The highest BCUT2D eigenvalue weighted by molar-refractivity contribution is 7.80. The van der Waals surface area contributed by atoms with Crippen LogP contribution in [0.5, 0.6) is 0 Å². The Morgan fingerprint density at radius 2 is 1.45 bits per heavy atom. The van der Waals surface area contributed by atoms with E-state index in [2.05, 4.69) is 0 Å². The zero-order valence-electron chi connectivity index (χ0n) is 17.7. The maximum Gasteiger partial charge on any atom is 0.310 e. The lowest BCUT2D eigenvalue weighted by Crippen LogP contribution is -2.30. The van der Waals surface area contributed by atoms with Crippen LogP contribution in [0.25, 0.3) is 0 Å². The molecule has 0 aliphatic heterocycles. The van der Waals surface area contributed by atoms with Gasteiger partial charge in [0.05, 0.1) is 16.5 Å². The summed E-state index contributed by atoms with van der Waals surface area (Å²) in [5.41, 5.74) is 1.86. The molecule has 0 fully saturated rings. The van der Waals surface area contributed by atoms with Gasteiger partial charge in [-0.15, -0.1) is 0 Å². The van der Waals surface area contributed by atoms with Gasteiger partial charge in [0, 0.05) is 24.6 Å². The Morgan fingerprint density at radius 3 is 1.94 bits per heavy atom. The van der Waals surface area contributed by atoms with Crippen LogP contribution in [0.4, 0.5) is 11.4 Å². The second kappa shape index (κ2) is 11.3. The van der Waals surface area contributed by atoms with Gasteiger partial charge in [-0.05, 0) is 36.1 Å². The standard InChI is InChI=1S/C24H24N2O6S/c27-24(28)23(19-9-5-2-6-10-19)16-11-20(18-7-3-1-4-8-18)17-25(33(31)32)21-12-14-22(15-13-21)26(29)30/h1-10,12-15,20,23H,11,16-17H2,(H,27,28)(H,31,32). The maximum atomic E-state index is 12.2. The number of nitro benzene ring substituents is 1. The third-order valence-electron chi connectivity index (χ3n) is 5.50. The number of anilines is 1. The number of hydrogen-bond acceptors (Lipinski definition) is 4. The van der Waals surface area contributed by atoms with Crippen molar-refractivity contribution in [3.8, 4) is 0 Å². The summed E-state index contributed by atoms with van der Waals surface area (Å²) in [6.07, 6.45) is 0.793. The molecule has 33 heavy (non-hydrogen) atoms. The number of non-ortho nitro benzene ring substituents is 1. The number of hydrogen-bond donors (Lipinski definition) is 2. The predicted octanol–water partition coefficient (Wildman–Crippen LogP) is 4.97. The van der Waals surface area contributed by atoms with Crippen molar-refractivity contribution < 1.29 is 23.6 Å². The van der Waals surface area contributed by atoms with Crippen LogP contribution in [0.2, 0.25) is 0 Å². The molecule has 3 aromatic carbocycles. The van der Waals surface area contributed by atoms with Crippen molar-refractivity contribution in [2.75, 3.05) is 10.8 Å². The van der Waals surface area contributed by atoms with Crippen LogP contribution in [0, 0.1) is 10.1 Å². The minimum atomic E-state index is -2.38. The molecule has 0 radical (unpaired) electrons. The molecule has 3 aromatic rings. The number of rotatable bonds is 11. The zero-order valence-corrected chi connectivity index (χ0v) is 18.5. The molecule has 0 saturated carbocycles. The Balaban J connectivity index is 1.86. The van der Waals surface area contributed by atoms with Crippen LogP contribution in [0.1, 0.15) is 35.8 Å². The lowest BCUT2D eigenvalue weighted by molar-refractivity contribution is -0.384. The molecule has 0 bridgehead atoms. The molecule has 0 spiro atoms. The van der Waals surface area contributed by atoms with Crippen LogP contribution in [0.15, 0.2) is 84.9 Å². The Morgan fingerprint density at radius 1 is 0.909 bits per heavy atom. The molecule has 0 aliphatic carbocycles. The van der Waals surface area contributed by atoms with E-state index in [4.69, 9.17) is 0 Å². The molecule has 3 atom stereocenters. The fourth-order valence-electron chi connectivity index (χ4n) is 3.77. The van der Waals surface area contributed by atoms with Crippen LogP contribution in [0.3, 0.4) is 0 Å². The highest BCUT2D eigenvalue weighted by Crippen LogP contribution is 2.31. The summed E-state index contributed by atoms with van der Waals surface area (Å²) in [5, 5.41) is 20.7. The van der Waals surface area contributed by atoms with Crippen molar-refractivity contribution >= 4 is 28.6 Å². The molecule has 8 nitrogen and oxygen atoms in total. The van der Waals surface area contributed by atoms with E-state index in [1.807, 2.05) is 36.4 Å². The van der Waals surface area contributed by atoms with Crippen molar-refractivity contribution in [1.29, 1.82) is 0 Å². The molecule has 0 aromatic heterocycles. The van der Waals surface area contributed by atoms with Gasteiger partial charge in [0.1, 0.15) is 0 Å². The van der Waals surface area contributed by atoms with Gasteiger partial charge in [-0.1, -0.05) is 60.7 Å². The van der Waals surface area contributed by atoms with E-state index in [0.717, 1.165) is 5.56 Å². The first-order chi connectivity index (χ1) is 15.9. The summed E-state index contributed by atoms with van der Waals surface area (Å²) in [7, 11) is 0. The highest BCUT2D eigenvalue weighted by atomic mass is 32.2. The Labute approximate surface area is 194 Å². The minimum absolute atomic E-state index is 0.116. The molecule has 0 aliphatic rings. The van der Waals surface area contributed by atoms with Gasteiger partial charge in [-0.2, -0.15) is 0 Å². The first-order valence-electron chi connectivity index (χ1n) is 10.3. The molecule has 172 valence electrons. The van der Waals surface area contributed by atoms with Gasteiger partial charge < -0.3 is 5.11 Å². The van der Waals surface area contributed by atoms with Gasteiger partial charge in [0.15, 0.2) is 0 Å². The Hall–Kier alpha value is -3.56. The van der Waals surface area contributed by atoms with Gasteiger partial charge in [0.2, 0.25) is 0 Å². The average molecular weight is 469 g/mol. The van der Waals surface area contributed by atoms with E-state index in [1.54, 1.807) is 24.3 Å². The van der Waals surface area contributed by atoms with E-state index in [0.29, 0.717) is 24.1 Å². The van der Waals surface area contributed by atoms with Crippen LogP contribution < -0.4 is 4.31 Å². The number of benzene rings is 3. The van der Waals surface area contributed by atoms with Crippen LogP contribution in [-0.2, 0) is 16.1 Å². The second-order valence-corrected chi connectivity index (χ2v) is 8.45. The lowest BCUT2D eigenvalue weighted by Gasteiger charge is -2.27. The van der Waals surface area contributed by atoms with E-state index in [1.165, 1.54) is 28.6 Å². The third kappa shape index (κ3) is 6.47. The van der Waals surface area contributed by atoms with Crippen molar-refractivity contribution in [3.05, 3.63) is 106 Å². The predicted molar refractivity (Wildman–Crippen MR) is 126 cm³/mol. The molecule has 3 rings (SSSR count). The van der Waals surface area contributed by atoms with Crippen LogP contribution in [-0.4, -0.2) is 31.3 Å². The van der Waals surface area contributed by atoms with Crippen molar-refractivity contribution in [1.82, 2.24) is 0 Å². The zero-order chi connectivity index (χ0) is 23.8. The van der Waals surface area contributed by atoms with Crippen molar-refractivity contribution in [2.24, 2.45) is 0 Å². The fraction of sp³-hybridized carbons (Fsp3) is 0.208. The molecule has 0 saturated heterocycles. The van der Waals surface area contributed by atoms with Crippen LogP contribution >= 0.6 is 0 Å². The number of nitro groups is 1. The highest BCUT2D eigenvalue weighted by Gasteiger charge is 2.25. The second-order valence-electron chi connectivity index (χ2n) is 7.55. The summed E-state index contributed by atoms with van der Waals surface area (Å²) in [6.45, 7) is 0.131. The van der Waals surface area contributed by atoms with Gasteiger partial charge in [-0.3, -0.25) is 23.8 Å². The van der Waals surface area contributed by atoms with Crippen molar-refractivity contribution in [2.45, 2.75) is 24.7 Å². The fourth-order valence-corrected chi connectivity index (χ4v) is 4.38. The molecule has 2 N–H and O–H groups in total. The number of carboxylic acid groups (broad SMARTS) is 1. The van der Waals surface area contributed by atoms with E-state index >= 15 is 0 Å². The molecular formula is C24H24N2O6S. The van der Waals surface area contributed by atoms with Crippen molar-refractivity contribution in [3.63, 3.8) is 0 Å². The summed E-state index contributed by atoms with van der Waals surface area (Å²) < 4.78 is 23.4. The normalized spacial score (nSPS) is 13.6. The number of aliphatic carboxylic acids is 1. The molecule has 0 heterocycles. The molecule has 0 amide bonds. The topological polar surface area (TPSA) is 121 Å². The summed E-state index contributed by atoms with van der Waals surface area (Å²) in [4.78, 5) is 22.3. The number of nitrogens with zero attached hydrogens (tertiary/aromatic N) is 2. The van der Waals surface area contributed by atoms with Gasteiger partial charge in [-0.25, -0.2) is 4.21 Å². The quantitative estimate of drug-likeness (QED) is 0.233. The summed E-state index contributed by atoms with van der Waals surface area (Å²) >= 11 is -2.38. The summed E-state index contributed by atoms with van der Waals surface area (Å²) in [5.74, 6) is -1.88. The SMILES string of the molecule is O=C(O)C(CCC(CN(c1ccc([N+](=O)[O-])cc1)S(=O)O)c1ccccc1)c1ccccc1. The van der Waals surface area contributed by atoms with Gasteiger partial charge in [0.25, 0.3) is 17.0 Å². The van der Waals surface area contributed by atoms with Gasteiger partial charge >= 0.3 is 5.97 Å². The smallest absolute Gasteiger partial charge is 0.310 e. The van der Waals surface area contributed by atoms with E-state index in [-0.39, 0.29) is 18.2 Å². The maximum absolute atomic E-state index is 12.2. The Kier molecular flexibility index (Phi) is 8.28. The first kappa shape index (κ1) is 24.1. The van der Waals surface area contributed by atoms with E-state index < -0.39 is 28.1 Å². The summed E-state index contributed by atoms with van der Waals surface area (Å²) in [6, 6.07) is 23.8. The number of carbonyl (C=O) groups is 1. The molecular weight excluding hydrogens is 444 g/mol. The molecule has 9 heteroatoms. The monoisotopic (exact) mass is 468 g/mol. The largest absolute Gasteiger partial charge is 0.481 e. The first-order valence-corrected chi connectivity index (χ1v) is 11.4. The average Bonchev–Trinajstić information content (AvgIpc) is 2.82. The lowest BCUT2D eigenvalue weighted by atomic mass is 9.87. The minimum Gasteiger partial charge on any atom is -0.481 e. The molecule has 3 unspecified atom stereocenters. The van der Waals surface area contributed by atoms with E-state index in [9.17, 15) is 28.8 Å². The third-order valence-corrected chi connectivity index (χ3v) is 6.24. The number of carboxylic acids is 1.